The van der Waals surface area contributed by atoms with E-state index in [4.69, 9.17) is 14.2 Å². The normalized spacial score (nSPS) is 13.9. The molecule has 132 valence electrons. The number of pyridine rings is 1. The first kappa shape index (κ1) is 17.1. The number of nitrogens with zero attached hydrogens (tertiary/aromatic N) is 2. The van der Waals surface area contributed by atoms with Gasteiger partial charge in [0.25, 0.3) is 5.91 Å². The third-order valence-electron chi connectivity index (χ3n) is 3.86. The van der Waals surface area contributed by atoms with Crippen LogP contribution in [-0.4, -0.2) is 48.2 Å². The van der Waals surface area contributed by atoms with E-state index in [0.717, 1.165) is 5.75 Å². The second-order valence-corrected chi connectivity index (χ2v) is 5.67. The number of aromatic nitrogens is 1. The monoisotopic (exact) mass is 342 g/mol. The summed E-state index contributed by atoms with van der Waals surface area (Å²) in [5.74, 6) is 1.94. The van der Waals surface area contributed by atoms with Crippen molar-refractivity contribution in [2.75, 3.05) is 26.3 Å². The molecule has 0 bridgehead atoms. The number of carbonyl (C=O) groups is 1. The van der Waals surface area contributed by atoms with E-state index in [2.05, 4.69) is 4.98 Å². The fourth-order valence-corrected chi connectivity index (χ4v) is 2.65. The smallest absolute Gasteiger partial charge is 0.254 e. The number of rotatable bonds is 7. The summed E-state index contributed by atoms with van der Waals surface area (Å²) < 4.78 is 16.9. The van der Waals surface area contributed by atoms with Crippen LogP contribution in [0, 0.1) is 0 Å². The van der Waals surface area contributed by atoms with Crippen molar-refractivity contribution in [1.29, 1.82) is 0 Å². The van der Waals surface area contributed by atoms with Crippen LogP contribution in [0.3, 0.4) is 0 Å². The Morgan fingerprint density at radius 3 is 2.60 bits per heavy atom. The van der Waals surface area contributed by atoms with Gasteiger partial charge in [0.15, 0.2) is 11.5 Å². The zero-order chi connectivity index (χ0) is 17.6. The lowest BCUT2D eigenvalue weighted by Gasteiger charge is -2.39. The van der Waals surface area contributed by atoms with Crippen molar-refractivity contribution in [2.24, 2.45) is 0 Å². The number of ether oxygens (including phenoxy) is 3. The van der Waals surface area contributed by atoms with Crippen molar-refractivity contribution < 1.29 is 19.0 Å². The Hall–Kier alpha value is -2.76. The predicted molar refractivity (Wildman–Crippen MR) is 93.3 cm³/mol. The largest absolute Gasteiger partial charge is 0.490 e. The Balaban J connectivity index is 1.61. The fraction of sp³-hybridized carbons (Fsp3) is 0.368. The number of hydrogen-bond acceptors (Lipinski definition) is 5. The predicted octanol–water partition coefficient (Wildman–Crippen LogP) is 2.78. The minimum absolute atomic E-state index is 0.00205. The molecule has 0 spiro atoms. The second kappa shape index (κ2) is 7.88. The van der Waals surface area contributed by atoms with Crippen LogP contribution in [0.25, 0.3) is 0 Å². The molecule has 0 unspecified atom stereocenters. The molecule has 0 atom stereocenters. The quantitative estimate of drug-likeness (QED) is 0.774. The topological polar surface area (TPSA) is 60.9 Å². The Kier molecular flexibility index (Phi) is 5.38. The summed E-state index contributed by atoms with van der Waals surface area (Å²) in [5.41, 5.74) is 0.590. The maximum atomic E-state index is 12.6. The van der Waals surface area contributed by atoms with Crippen LogP contribution < -0.4 is 14.2 Å². The van der Waals surface area contributed by atoms with E-state index >= 15 is 0 Å². The van der Waals surface area contributed by atoms with Crippen LogP contribution in [0.1, 0.15) is 24.2 Å². The van der Waals surface area contributed by atoms with Crippen molar-refractivity contribution in [1.82, 2.24) is 9.88 Å². The molecule has 2 aromatic rings. The van der Waals surface area contributed by atoms with Crippen molar-refractivity contribution in [3.8, 4) is 17.2 Å². The van der Waals surface area contributed by atoms with Crippen LogP contribution in [0.2, 0.25) is 0 Å². The van der Waals surface area contributed by atoms with E-state index in [1.807, 2.05) is 26.0 Å². The first-order valence-corrected chi connectivity index (χ1v) is 8.46. The molecule has 2 heterocycles. The van der Waals surface area contributed by atoms with Crippen LogP contribution in [-0.2, 0) is 0 Å². The molecular weight excluding hydrogens is 320 g/mol. The van der Waals surface area contributed by atoms with Crippen molar-refractivity contribution in [3.63, 3.8) is 0 Å². The zero-order valence-electron chi connectivity index (χ0n) is 14.5. The van der Waals surface area contributed by atoms with E-state index in [0.29, 0.717) is 43.4 Å². The third kappa shape index (κ3) is 4.02. The van der Waals surface area contributed by atoms with Gasteiger partial charge in [-0.1, -0.05) is 0 Å². The molecule has 0 aliphatic carbocycles. The lowest BCUT2D eigenvalue weighted by atomic mass is 10.1. The molecule has 0 radical (unpaired) electrons. The maximum absolute atomic E-state index is 12.6. The van der Waals surface area contributed by atoms with E-state index < -0.39 is 0 Å². The van der Waals surface area contributed by atoms with Crippen molar-refractivity contribution >= 4 is 5.91 Å². The minimum Gasteiger partial charge on any atom is -0.490 e. The highest BCUT2D eigenvalue weighted by molar-refractivity contribution is 5.95. The molecule has 3 rings (SSSR count). The van der Waals surface area contributed by atoms with Crippen LogP contribution >= 0.6 is 0 Å². The van der Waals surface area contributed by atoms with Gasteiger partial charge in [-0.15, -0.1) is 0 Å². The summed E-state index contributed by atoms with van der Waals surface area (Å²) in [4.78, 5) is 18.4. The van der Waals surface area contributed by atoms with Gasteiger partial charge >= 0.3 is 0 Å². The average Bonchev–Trinajstić information content (AvgIpc) is 2.60. The molecule has 6 nitrogen and oxygen atoms in total. The summed E-state index contributed by atoms with van der Waals surface area (Å²) in [7, 11) is 0. The van der Waals surface area contributed by atoms with Gasteiger partial charge < -0.3 is 19.1 Å². The summed E-state index contributed by atoms with van der Waals surface area (Å²) in [6.45, 7) is 6.00. The molecule has 6 heteroatoms. The molecule has 1 aliphatic heterocycles. The molecule has 0 N–H and O–H groups in total. The van der Waals surface area contributed by atoms with Crippen molar-refractivity contribution in [3.05, 3.63) is 48.3 Å². The SMILES string of the molecule is CCOc1ccc(C(=O)N2CC(Oc3cccnc3)C2)cc1OCC. The number of carbonyl (C=O) groups excluding carboxylic acids is 1. The maximum Gasteiger partial charge on any atom is 0.254 e. The van der Waals surface area contributed by atoms with Crippen molar-refractivity contribution in [2.45, 2.75) is 20.0 Å². The van der Waals surface area contributed by atoms with E-state index in [9.17, 15) is 4.79 Å². The molecular formula is C19H22N2O4. The molecule has 1 aliphatic rings. The average molecular weight is 342 g/mol. The minimum atomic E-state index is -0.0324. The highest BCUT2D eigenvalue weighted by atomic mass is 16.5. The number of amides is 1. The van der Waals surface area contributed by atoms with Gasteiger partial charge in [0.05, 0.1) is 32.5 Å². The summed E-state index contributed by atoms with van der Waals surface area (Å²) >= 11 is 0. The molecule has 0 saturated carbocycles. The van der Waals surface area contributed by atoms with Gasteiger partial charge in [0, 0.05) is 11.8 Å². The summed E-state index contributed by atoms with van der Waals surface area (Å²) in [5, 5.41) is 0. The summed E-state index contributed by atoms with van der Waals surface area (Å²) in [6.07, 6.45) is 3.37. The molecule has 1 fully saturated rings. The standard InChI is InChI=1S/C19H22N2O4/c1-3-23-17-8-7-14(10-18(17)24-4-2)19(22)21-12-16(13-21)25-15-6-5-9-20-11-15/h5-11,16H,3-4,12-13H2,1-2H3. The van der Waals surface area contributed by atoms with E-state index in [1.54, 1.807) is 35.5 Å². The molecule has 1 saturated heterocycles. The Morgan fingerprint density at radius 1 is 1.16 bits per heavy atom. The second-order valence-electron chi connectivity index (χ2n) is 5.67. The van der Waals surface area contributed by atoms with Gasteiger partial charge in [-0.2, -0.15) is 0 Å². The lowest BCUT2D eigenvalue weighted by Crippen LogP contribution is -2.56. The Morgan fingerprint density at radius 2 is 1.92 bits per heavy atom. The Labute approximate surface area is 147 Å². The van der Waals surface area contributed by atoms with Crippen LogP contribution in [0.15, 0.2) is 42.7 Å². The highest BCUT2D eigenvalue weighted by Crippen LogP contribution is 2.30. The third-order valence-corrected chi connectivity index (χ3v) is 3.86. The fourth-order valence-electron chi connectivity index (χ4n) is 2.65. The van der Waals surface area contributed by atoms with Gasteiger partial charge in [-0.3, -0.25) is 9.78 Å². The van der Waals surface area contributed by atoms with Gasteiger partial charge in [-0.05, 0) is 44.2 Å². The lowest BCUT2D eigenvalue weighted by molar-refractivity contribution is 0.0176. The van der Waals surface area contributed by atoms with Gasteiger partial charge in [-0.25, -0.2) is 0 Å². The van der Waals surface area contributed by atoms with Gasteiger partial charge in [0.1, 0.15) is 11.9 Å². The molecule has 1 aromatic heterocycles. The van der Waals surface area contributed by atoms with Crippen LogP contribution in [0.5, 0.6) is 17.2 Å². The molecule has 25 heavy (non-hydrogen) atoms. The van der Waals surface area contributed by atoms with E-state index in [1.165, 1.54) is 0 Å². The zero-order valence-corrected chi connectivity index (χ0v) is 14.5. The molecule has 1 amide bonds. The molecule has 1 aromatic carbocycles. The first-order valence-electron chi connectivity index (χ1n) is 8.46. The Bertz CT molecular complexity index is 715. The van der Waals surface area contributed by atoms with E-state index in [-0.39, 0.29) is 12.0 Å². The number of hydrogen-bond donors (Lipinski definition) is 0. The van der Waals surface area contributed by atoms with Gasteiger partial charge in [0.2, 0.25) is 0 Å². The van der Waals surface area contributed by atoms with Crippen LogP contribution in [0.4, 0.5) is 0 Å². The summed E-state index contributed by atoms with van der Waals surface area (Å²) in [6, 6.07) is 8.98. The number of likely N-dealkylation sites (tertiary alicyclic amines) is 1. The first-order chi connectivity index (χ1) is 12.2. The highest BCUT2D eigenvalue weighted by Gasteiger charge is 2.33. The number of benzene rings is 1.